The van der Waals surface area contributed by atoms with Crippen molar-refractivity contribution in [1.82, 2.24) is 5.32 Å². The highest BCUT2D eigenvalue weighted by Crippen LogP contribution is 2.23. The lowest BCUT2D eigenvalue weighted by Gasteiger charge is -2.15. The topological polar surface area (TPSA) is 72.2 Å². The van der Waals surface area contributed by atoms with Gasteiger partial charge in [0.25, 0.3) is 11.6 Å². The summed E-state index contributed by atoms with van der Waals surface area (Å²) in [6.45, 7) is 1.80. The van der Waals surface area contributed by atoms with E-state index in [0.29, 0.717) is 5.02 Å². The maximum Gasteiger partial charge on any atom is 0.270 e. The van der Waals surface area contributed by atoms with E-state index in [9.17, 15) is 14.9 Å². The molecule has 0 bridgehead atoms. The van der Waals surface area contributed by atoms with Crippen LogP contribution in [0.1, 0.15) is 28.9 Å². The number of nitrogens with one attached hydrogen (secondary N) is 1. The number of nitrogens with zero attached hydrogens (tertiary/aromatic N) is 1. The first kappa shape index (κ1) is 16.3. The summed E-state index contributed by atoms with van der Waals surface area (Å²) in [7, 11) is 0. The summed E-state index contributed by atoms with van der Waals surface area (Å²) in [6.07, 6.45) is 0. The molecule has 2 aromatic rings. The molecule has 1 N–H and O–H groups in total. The Labute approximate surface area is 137 Å². The number of hydrogen-bond acceptors (Lipinski definition) is 3. The predicted molar refractivity (Wildman–Crippen MR) is 85.4 cm³/mol. The molecule has 0 aliphatic rings. The Kier molecular flexibility index (Phi) is 5.00. The van der Waals surface area contributed by atoms with Gasteiger partial charge in [-0.15, -0.1) is 0 Å². The van der Waals surface area contributed by atoms with Crippen molar-refractivity contribution in [2.45, 2.75) is 13.0 Å². The first-order valence-electron chi connectivity index (χ1n) is 6.38. The van der Waals surface area contributed by atoms with E-state index in [1.54, 1.807) is 31.2 Å². The molecule has 0 spiro atoms. The van der Waals surface area contributed by atoms with Crippen molar-refractivity contribution in [2.24, 2.45) is 0 Å². The fraction of sp³-hybridized carbons (Fsp3) is 0.133. The highest BCUT2D eigenvalue weighted by atomic mass is 35.5. The highest BCUT2D eigenvalue weighted by Gasteiger charge is 2.18. The Morgan fingerprint density at radius 2 is 1.82 bits per heavy atom. The molecule has 0 aliphatic heterocycles. The van der Waals surface area contributed by atoms with Crippen molar-refractivity contribution < 1.29 is 9.72 Å². The molecule has 114 valence electrons. The molecule has 0 aliphatic carbocycles. The van der Waals surface area contributed by atoms with Gasteiger partial charge in [-0.05, 0) is 30.7 Å². The molecule has 0 aromatic heterocycles. The summed E-state index contributed by atoms with van der Waals surface area (Å²) >= 11 is 11.8. The van der Waals surface area contributed by atoms with E-state index >= 15 is 0 Å². The molecule has 1 atom stereocenters. The smallest absolute Gasteiger partial charge is 0.270 e. The molecule has 1 unspecified atom stereocenters. The third-order valence-corrected chi connectivity index (χ3v) is 3.70. The maximum atomic E-state index is 12.2. The second-order valence-electron chi connectivity index (χ2n) is 4.67. The number of non-ortho nitro benzene ring substituents is 1. The number of nitro benzene ring substituents is 1. The Morgan fingerprint density at radius 3 is 2.41 bits per heavy atom. The van der Waals surface area contributed by atoms with Gasteiger partial charge in [-0.3, -0.25) is 14.9 Å². The maximum absolute atomic E-state index is 12.2. The zero-order valence-corrected chi connectivity index (χ0v) is 13.1. The van der Waals surface area contributed by atoms with Crippen molar-refractivity contribution in [2.75, 3.05) is 0 Å². The SMILES string of the molecule is CC(NC(=O)c1cc([N+](=O)[O-])ccc1Cl)c1ccc(Cl)cc1. The van der Waals surface area contributed by atoms with Gasteiger partial charge in [0.1, 0.15) is 0 Å². The molecule has 1 amide bonds. The van der Waals surface area contributed by atoms with E-state index in [0.717, 1.165) is 11.6 Å². The molecular weight excluding hydrogens is 327 g/mol. The van der Waals surface area contributed by atoms with Crippen molar-refractivity contribution in [3.63, 3.8) is 0 Å². The second kappa shape index (κ2) is 6.77. The highest BCUT2D eigenvalue weighted by molar-refractivity contribution is 6.34. The van der Waals surface area contributed by atoms with Crippen molar-refractivity contribution in [1.29, 1.82) is 0 Å². The first-order chi connectivity index (χ1) is 10.4. The standard InChI is InChI=1S/C15H12Cl2N2O3/c1-9(10-2-4-11(16)5-3-10)18-15(20)13-8-12(19(21)22)6-7-14(13)17/h2-9H,1H3,(H,18,20). The van der Waals surface area contributed by atoms with E-state index in [2.05, 4.69) is 5.32 Å². The largest absolute Gasteiger partial charge is 0.345 e. The van der Waals surface area contributed by atoms with Crippen LogP contribution in [0.5, 0.6) is 0 Å². The minimum absolute atomic E-state index is 0.0664. The Balaban J connectivity index is 2.20. The van der Waals surface area contributed by atoms with Crippen LogP contribution in [0.4, 0.5) is 5.69 Å². The van der Waals surface area contributed by atoms with E-state index in [1.807, 2.05) is 0 Å². The molecule has 0 saturated carbocycles. The number of benzene rings is 2. The number of rotatable bonds is 4. The summed E-state index contributed by atoms with van der Waals surface area (Å²) in [4.78, 5) is 22.5. The fourth-order valence-corrected chi connectivity index (χ4v) is 2.24. The summed E-state index contributed by atoms with van der Waals surface area (Å²) in [5.41, 5.74) is 0.740. The van der Waals surface area contributed by atoms with E-state index in [1.165, 1.54) is 12.1 Å². The first-order valence-corrected chi connectivity index (χ1v) is 7.14. The Bertz CT molecular complexity index is 717. The number of halogens is 2. The summed E-state index contributed by atoms with van der Waals surface area (Å²) in [6, 6.07) is 10.5. The van der Waals surface area contributed by atoms with Crippen LogP contribution in [0.2, 0.25) is 10.0 Å². The van der Waals surface area contributed by atoms with E-state index in [4.69, 9.17) is 23.2 Å². The van der Waals surface area contributed by atoms with Crippen LogP contribution in [0.25, 0.3) is 0 Å². The number of carbonyl (C=O) groups is 1. The Morgan fingerprint density at radius 1 is 1.18 bits per heavy atom. The van der Waals surface area contributed by atoms with Gasteiger partial charge in [0.2, 0.25) is 0 Å². The fourth-order valence-electron chi connectivity index (χ4n) is 1.91. The van der Waals surface area contributed by atoms with Crippen molar-refractivity contribution in [3.8, 4) is 0 Å². The lowest BCUT2D eigenvalue weighted by Crippen LogP contribution is -2.26. The zero-order valence-electron chi connectivity index (χ0n) is 11.5. The van der Waals surface area contributed by atoms with Crippen LogP contribution < -0.4 is 5.32 Å². The van der Waals surface area contributed by atoms with Crippen molar-refractivity contribution >= 4 is 34.8 Å². The zero-order chi connectivity index (χ0) is 16.3. The number of carbonyl (C=O) groups excluding carboxylic acids is 1. The number of nitro groups is 1. The molecular formula is C15H12Cl2N2O3. The van der Waals surface area contributed by atoms with Crippen LogP contribution in [-0.2, 0) is 0 Å². The minimum Gasteiger partial charge on any atom is -0.345 e. The van der Waals surface area contributed by atoms with E-state index < -0.39 is 10.8 Å². The third kappa shape index (κ3) is 3.75. The summed E-state index contributed by atoms with van der Waals surface area (Å²) in [5, 5.41) is 14.3. The summed E-state index contributed by atoms with van der Waals surface area (Å²) < 4.78 is 0. The van der Waals surface area contributed by atoms with Crippen molar-refractivity contribution in [3.05, 3.63) is 73.8 Å². The summed E-state index contributed by atoms with van der Waals surface area (Å²) in [5.74, 6) is -0.476. The normalized spacial score (nSPS) is 11.8. The van der Waals surface area contributed by atoms with Gasteiger partial charge >= 0.3 is 0 Å². The molecule has 0 fully saturated rings. The molecule has 0 saturated heterocycles. The van der Waals surface area contributed by atoms with Gasteiger partial charge in [0.15, 0.2) is 0 Å². The van der Waals surface area contributed by atoms with Gasteiger partial charge in [-0.2, -0.15) is 0 Å². The van der Waals surface area contributed by atoms with Gasteiger partial charge in [-0.1, -0.05) is 35.3 Å². The van der Waals surface area contributed by atoms with Crippen LogP contribution in [-0.4, -0.2) is 10.8 Å². The van der Waals surface area contributed by atoms with Gasteiger partial charge in [-0.25, -0.2) is 0 Å². The van der Waals surface area contributed by atoms with Crippen LogP contribution in [0.15, 0.2) is 42.5 Å². The van der Waals surface area contributed by atoms with Crippen LogP contribution in [0, 0.1) is 10.1 Å². The van der Waals surface area contributed by atoms with E-state index in [-0.39, 0.29) is 22.3 Å². The molecule has 2 aromatic carbocycles. The number of amides is 1. The average Bonchev–Trinajstić information content (AvgIpc) is 2.47. The average molecular weight is 339 g/mol. The molecule has 0 radical (unpaired) electrons. The number of hydrogen-bond donors (Lipinski definition) is 1. The second-order valence-corrected chi connectivity index (χ2v) is 5.51. The monoisotopic (exact) mass is 338 g/mol. The minimum atomic E-state index is -0.574. The third-order valence-electron chi connectivity index (χ3n) is 3.12. The quantitative estimate of drug-likeness (QED) is 0.663. The molecule has 7 heteroatoms. The lowest BCUT2D eigenvalue weighted by molar-refractivity contribution is -0.384. The van der Waals surface area contributed by atoms with Gasteiger partial charge in [0.05, 0.1) is 21.6 Å². The Hall–Kier alpha value is -2.11. The predicted octanol–water partition coefficient (Wildman–Crippen LogP) is 4.39. The molecule has 0 heterocycles. The molecule has 2 rings (SSSR count). The van der Waals surface area contributed by atoms with Crippen LogP contribution >= 0.6 is 23.2 Å². The van der Waals surface area contributed by atoms with Crippen LogP contribution in [0.3, 0.4) is 0 Å². The molecule has 5 nitrogen and oxygen atoms in total. The molecule has 22 heavy (non-hydrogen) atoms. The lowest BCUT2D eigenvalue weighted by atomic mass is 10.1. The van der Waals surface area contributed by atoms with Gasteiger partial charge in [0, 0.05) is 17.2 Å². The van der Waals surface area contributed by atoms with Gasteiger partial charge < -0.3 is 5.32 Å².